The van der Waals surface area contributed by atoms with E-state index in [1.807, 2.05) is 36.4 Å². The summed E-state index contributed by atoms with van der Waals surface area (Å²) in [6.45, 7) is 0. The van der Waals surface area contributed by atoms with Crippen LogP contribution in [0.5, 0.6) is 5.75 Å². The summed E-state index contributed by atoms with van der Waals surface area (Å²) in [6.07, 6.45) is 0. The van der Waals surface area contributed by atoms with Crippen LogP contribution >= 0.6 is 34.7 Å². The van der Waals surface area contributed by atoms with Gasteiger partial charge in [-0.25, -0.2) is 5.10 Å². The van der Waals surface area contributed by atoms with E-state index in [1.54, 1.807) is 30.2 Å². The summed E-state index contributed by atoms with van der Waals surface area (Å²) in [5, 5.41) is 10.9. The zero-order valence-electron chi connectivity index (χ0n) is 11.7. The molecule has 114 valence electrons. The van der Waals surface area contributed by atoms with Gasteiger partial charge in [-0.05, 0) is 24.3 Å². The quantitative estimate of drug-likeness (QED) is 0.636. The molecule has 2 aromatic heterocycles. The second-order valence-electron chi connectivity index (χ2n) is 4.29. The molecule has 3 aromatic rings. The number of halogens is 1. The fourth-order valence-electron chi connectivity index (χ4n) is 1.81. The number of aromatic nitrogens is 3. The molecule has 0 saturated heterocycles. The van der Waals surface area contributed by atoms with Crippen LogP contribution in [0.25, 0.3) is 0 Å². The molecule has 0 atom stereocenters. The number of H-pyrrole nitrogens is 1. The average Bonchev–Trinajstić information content (AvgIpc) is 3.15. The summed E-state index contributed by atoms with van der Waals surface area (Å²) in [6, 6.07) is 11.6. The fraction of sp³-hybridized carbons (Fsp3) is 0.143. The van der Waals surface area contributed by atoms with Crippen LogP contribution in [0.3, 0.4) is 0 Å². The minimum Gasteiger partial charge on any atom is -0.495 e. The lowest BCUT2D eigenvalue weighted by atomic mass is 10.3. The molecular formula is C14H13ClN4OS2. The number of nitrogens with zero attached hydrogens (tertiary/aromatic N) is 2. The van der Waals surface area contributed by atoms with Gasteiger partial charge in [0.15, 0.2) is 0 Å². The van der Waals surface area contributed by atoms with Gasteiger partial charge in [0, 0.05) is 10.6 Å². The van der Waals surface area contributed by atoms with Crippen LogP contribution in [-0.4, -0.2) is 22.3 Å². The molecule has 2 N–H and O–H groups in total. The van der Waals surface area contributed by atoms with Crippen molar-refractivity contribution in [3.63, 3.8) is 0 Å². The van der Waals surface area contributed by atoms with Crippen LogP contribution in [0, 0.1) is 0 Å². The Morgan fingerprint density at radius 3 is 2.95 bits per heavy atom. The Balaban J connectivity index is 1.63. The molecule has 2 heterocycles. The largest absolute Gasteiger partial charge is 0.495 e. The molecule has 1 aromatic carbocycles. The molecule has 8 heteroatoms. The number of aromatic amines is 1. The van der Waals surface area contributed by atoms with Crippen LogP contribution in [0.4, 0.5) is 11.6 Å². The highest BCUT2D eigenvalue weighted by Crippen LogP contribution is 2.29. The number of benzene rings is 1. The number of hydrogen-bond donors (Lipinski definition) is 2. The smallest absolute Gasteiger partial charge is 0.224 e. The standard InChI is InChI=1S/C14H13ClN4OS2/c1-20-11-5-3-2-4-10(11)16-13-17-14(19-18-13)21-8-9-6-7-12(15)22-9/h2-7H,8H2,1H3,(H2,16,17,18,19). The highest BCUT2D eigenvalue weighted by molar-refractivity contribution is 7.98. The minimum absolute atomic E-state index is 0.580. The Hall–Kier alpha value is -1.70. The van der Waals surface area contributed by atoms with Crippen molar-refractivity contribution >= 4 is 46.3 Å². The number of methoxy groups -OCH3 is 1. The Kier molecular flexibility index (Phi) is 4.87. The maximum absolute atomic E-state index is 5.92. The zero-order chi connectivity index (χ0) is 15.4. The number of thiophene rings is 1. The summed E-state index contributed by atoms with van der Waals surface area (Å²) in [5.41, 5.74) is 0.836. The lowest BCUT2D eigenvalue weighted by Crippen LogP contribution is -1.95. The molecule has 3 rings (SSSR count). The van der Waals surface area contributed by atoms with E-state index >= 15 is 0 Å². The van der Waals surface area contributed by atoms with Crippen LogP contribution in [-0.2, 0) is 5.75 Å². The highest BCUT2D eigenvalue weighted by Gasteiger charge is 2.08. The topological polar surface area (TPSA) is 62.8 Å². The molecule has 0 aliphatic rings. The van der Waals surface area contributed by atoms with E-state index in [9.17, 15) is 0 Å². The molecule has 0 bridgehead atoms. The van der Waals surface area contributed by atoms with Gasteiger partial charge >= 0.3 is 0 Å². The lowest BCUT2D eigenvalue weighted by molar-refractivity contribution is 0.417. The maximum Gasteiger partial charge on any atom is 0.224 e. The molecule has 0 saturated carbocycles. The van der Waals surface area contributed by atoms with Crippen molar-refractivity contribution in [2.75, 3.05) is 12.4 Å². The zero-order valence-corrected chi connectivity index (χ0v) is 14.1. The Morgan fingerprint density at radius 2 is 2.18 bits per heavy atom. The third-order valence-electron chi connectivity index (χ3n) is 2.80. The van der Waals surface area contributed by atoms with Crippen LogP contribution in [0.15, 0.2) is 41.6 Å². The molecule has 0 aliphatic heterocycles. The van der Waals surface area contributed by atoms with E-state index in [1.165, 1.54) is 4.88 Å². The summed E-state index contributed by atoms with van der Waals surface area (Å²) >= 11 is 9.04. The predicted octanol–water partition coefficient (Wildman–Crippen LogP) is 4.56. The van der Waals surface area contributed by atoms with Crippen LogP contribution in [0.1, 0.15) is 4.88 Å². The maximum atomic E-state index is 5.92. The molecule has 0 spiro atoms. The van der Waals surface area contributed by atoms with Gasteiger partial charge in [-0.1, -0.05) is 35.5 Å². The normalized spacial score (nSPS) is 10.6. The second-order valence-corrected chi connectivity index (χ2v) is 7.03. The molecule has 22 heavy (non-hydrogen) atoms. The summed E-state index contributed by atoms with van der Waals surface area (Å²) in [4.78, 5) is 5.60. The summed E-state index contributed by atoms with van der Waals surface area (Å²) < 4.78 is 6.09. The second kappa shape index (κ2) is 7.04. The molecule has 5 nitrogen and oxygen atoms in total. The number of nitrogens with one attached hydrogen (secondary N) is 2. The predicted molar refractivity (Wildman–Crippen MR) is 91.5 cm³/mol. The molecule has 0 amide bonds. The van der Waals surface area contributed by atoms with E-state index in [0.717, 1.165) is 21.5 Å². The van der Waals surface area contributed by atoms with Crippen molar-refractivity contribution in [3.05, 3.63) is 45.6 Å². The Labute approximate surface area is 141 Å². The first-order valence-electron chi connectivity index (χ1n) is 6.44. The third kappa shape index (κ3) is 3.73. The monoisotopic (exact) mass is 352 g/mol. The number of para-hydroxylation sites is 2. The lowest BCUT2D eigenvalue weighted by Gasteiger charge is -2.07. The van der Waals surface area contributed by atoms with Crippen LogP contribution < -0.4 is 10.1 Å². The van der Waals surface area contributed by atoms with Crippen molar-refractivity contribution in [2.45, 2.75) is 10.9 Å². The third-order valence-corrected chi connectivity index (χ3v) is 5.11. The number of anilines is 2. The number of ether oxygens (including phenoxy) is 1. The molecule has 0 unspecified atom stereocenters. The highest BCUT2D eigenvalue weighted by atomic mass is 35.5. The first kappa shape index (κ1) is 15.2. The SMILES string of the molecule is COc1ccccc1Nc1nc(SCc2ccc(Cl)s2)n[nH]1. The summed E-state index contributed by atoms with van der Waals surface area (Å²) in [7, 11) is 1.63. The molecule has 0 radical (unpaired) electrons. The van der Waals surface area contributed by atoms with Crippen molar-refractivity contribution in [2.24, 2.45) is 0 Å². The first-order chi connectivity index (χ1) is 10.7. The van der Waals surface area contributed by atoms with Crippen molar-refractivity contribution < 1.29 is 4.74 Å². The van der Waals surface area contributed by atoms with Crippen molar-refractivity contribution in [1.82, 2.24) is 15.2 Å². The van der Waals surface area contributed by atoms with Gasteiger partial charge in [0.05, 0.1) is 17.1 Å². The van der Waals surface area contributed by atoms with Gasteiger partial charge < -0.3 is 10.1 Å². The Bertz CT molecular complexity index is 759. The molecular weight excluding hydrogens is 340 g/mol. The molecule has 0 aliphatic carbocycles. The average molecular weight is 353 g/mol. The van der Waals surface area contributed by atoms with E-state index in [-0.39, 0.29) is 0 Å². The van der Waals surface area contributed by atoms with Gasteiger partial charge in [-0.2, -0.15) is 4.98 Å². The van der Waals surface area contributed by atoms with Crippen LogP contribution in [0.2, 0.25) is 4.34 Å². The van der Waals surface area contributed by atoms with E-state index < -0.39 is 0 Å². The van der Waals surface area contributed by atoms with E-state index in [2.05, 4.69) is 20.5 Å². The van der Waals surface area contributed by atoms with E-state index in [4.69, 9.17) is 16.3 Å². The van der Waals surface area contributed by atoms with Crippen molar-refractivity contribution in [3.8, 4) is 5.75 Å². The van der Waals surface area contributed by atoms with Gasteiger partial charge in [-0.15, -0.1) is 16.4 Å². The fourth-order valence-corrected chi connectivity index (χ4v) is 3.74. The number of rotatable bonds is 6. The van der Waals surface area contributed by atoms with Gasteiger partial charge in [-0.3, -0.25) is 0 Å². The molecule has 0 fully saturated rings. The summed E-state index contributed by atoms with van der Waals surface area (Å²) in [5.74, 6) is 2.13. The number of thioether (sulfide) groups is 1. The Morgan fingerprint density at radius 1 is 1.32 bits per heavy atom. The van der Waals surface area contributed by atoms with Gasteiger partial charge in [0.1, 0.15) is 5.75 Å². The van der Waals surface area contributed by atoms with Gasteiger partial charge in [0.25, 0.3) is 0 Å². The van der Waals surface area contributed by atoms with Gasteiger partial charge in [0.2, 0.25) is 11.1 Å². The van der Waals surface area contributed by atoms with Crippen molar-refractivity contribution in [1.29, 1.82) is 0 Å². The number of hydrogen-bond acceptors (Lipinski definition) is 6. The van der Waals surface area contributed by atoms with E-state index in [0.29, 0.717) is 11.1 Å². The minimum atomic E-state index is 0.580. The first-order valence-corrected chi connectivity index (χ1v) is 8.62.